The lowest BCUT2D eigenvalue weighted by Crippen LogP contribution is -2.30. The van der Waals surface area contributed by atoms with E-state index in [1.54, 1.807) is 30.7 Å². The molecule has 1 aliphatic heterocycles. The van der Waals surface area contributed by atoms with Crippen LogP contribution in [0.25, 0.3) is 21.7 Å². The number of carboxylic acids is 1. The number of aromatic nitrogens is 5. The third-order valence-electron chi connectivity index (χ3n) is 7.09. The van der Waals surface area contributed by atoms with Crippen LogP contribution in [0.5, 0.6) is 0 Å². The Morgan fingerprint density at radius 2 is 1.93 bits per heavy atom. The normalized spacial score (nSPS) is 16.8. The Morgan fingerprint density at radius 1 is 1.05 bits per heavy atom. The Morgan fingerprint density at radius 3 is 2.73 bits per heavy atom. The van der Waals surface area contributed by atoms with E-state index in [0.717, 1.165) is 33.0 Å². The number of carboxylic acid groups (broad SMARTS) is 1. The van der Waals surface area contributed by atoms with Gasteiger partial charge in [0.15, 0.2) is 0 Å². The molecule has 4 aromatic heterocycles. The van der Waals surface area contributed by atoms with Gasteiger partial charge in [0.25, 0.3) is 0 Å². The van der Waals surface area contributed by atoms with Crippen molar-refractivity contribution in [1.29, 1.82) is 0 Å². The van der Waals surface area contributed by atoms with Crippen LogP contribution in [0.15, 0.2) is 72.2 Å². The number of pyridine rings is 2. The second kappa shape index (κ2) is 10.7. The number of aryl methyl sites for hydroxylation is 1. The Labute approximate surface area is 239 Å². The molecule has 41 heavy (non-hydrogen) atoms. The smallest absolute Gasteiger partial charge is 0.335 e. The highest BCUT2D eigenvalue weighted by molar-refractivity contribution is 7.15. The van der Waals surface area contributed by atoms with E-state index in [1.165, 1.54) is 17.4 Å². The molecule has 1 atom stereocenters. The highest BCUT2D eigenvalue weighted by atomic mass is 32.1. The first-order valence-corrected chi connectivity index (χ1v) is 13.9. The van der Waals surface area contributed by atoms with Crippen molar-refractivity contribution < 1.29 is 15.0 Å². The lowest BCUT2D eigenvalue weighted by molar-refractivity contribution is 0.0684. The molecular weight excluding hydrogens is 538 g/mol. The largest absolute Gasteiger partial charge is 0.478 e. The molecule has 6 rings (SSSR count). The molecule has 0 bridgehead atoms. The highest BCUT2D eigenvalue weighted by Crippen LogP contribution is 2.42. The van der Waals surface area contributed by atoms with Crippen LogP contribution in [0.4, 0.5) is 11.6 Å². The number of hydrogen-bond donors (Lipinski definition) is 4. The second-order valence-electron chi connectivity index (χ2n) is 10.1. The minimum absolute atomic E-state index is 0.160. The number of benzene rings is 1. The number of rotatable bonds is 6. The number of hydrogen-bond acceptors (Lipinski definition) is 9. The summed E-state index contributed by atoms with van der Waals surface area (Å²) in [4.78, 5) is 30.9. The molecule has 0 saturated carbocycles. The average molecular weight is 566 g/mol. The van der Waals surface area contributed by atoms with Crippen LogP contribution in [0.3, 0.4) is 0 Å². The van der Waals surface area contributed by atoms with E-state index in [0.29, 0.717) is 47.2 Å². The summed E-state index contributed by atoms with van der Waals surface area (Å²) in [6, 6.07) is 12.6. The molecule has 1 aliphatic rings. The van der Waals surface area contributed by atoms with Crippen LogP contribution in [0.2, 0.25) is 0 Å². The van der Waals surface area contributed by atoms with Crippen molar-refractivity contribution >= 4 is 34.7 Å². The maximum Gasteiger partial charge on any atom is 0.335 e. The van der Waals surface area contributed by atoms with Crippen LogP contribution in [0.1, 0.15) is 51.8 Å². The maximum absolute atomic E-state index is 12.1. The Kier molecular flexibility index (Phi) is 6.90. The van der Waals surface area contributed by atoms with Gasteiger partial charge >= 0.3 is 5.97 Å². The van der Waals surface area contributed by atoms with E-state index in [1.807, 2.05) is 44.3 Å². The number of anilines is 2. The summed E-state index contributed by atoms with van der Waals surface area (Å²) in [5.41, 5.74) is 4.61. The number of aliphatic hydroxyl groups is 1. The van der Waals surface area contributed by atoms with Gasteiger partial charge in [0.1, 0.15) is 22.2 Å². The van der Waals surface area contributed by atoms with Gasteiger partial charge in [-0.05, 0) is 85.3 Å². The predicted octanol–water partition coefficient (Wildman–Crippen LogP) is 5.73. The lowest BCUT2D eigenvalue weighted by atomic mass is 9.84. The topological polar surface area (TPSA) is 149 Å². The first-order valence-electron chi connectivity index (χ1n) is 13.0. The molecule has 0 radical (unpaired) electrons. The molecule has 4 N–H and O–H groups in total. The zero-order chi connectivity index (χ0) is 28.6. The first kappa shape index (κ1) is 26.5. The molecule has 0 spiro atoms. The van der Waals surface area contributed by atoms with Gasteiger partial charge < -0.3 is 15.5 Å². The quantitative estimate of drug-likeness (QED) is 0.204. The number of aliphatic imine (C=N–C) groups is 1. The minimum Gasteiger partial charge on any atom is -0.478 e. The van der Waals surface area contributed by atoms with Gasteiger partial charge in [-0.15, -0.1) is 11.3 Å². The van der Waals surface area contributed by atoms with Gasteiger partial charge in [-0.2, -0.15) is 5.10 Å². The van der Waals surface area contributed by atoms with E-state index in [-0.39, 0.29) is 5.56 Å². The molecule has 5 aromatic rings. The summed E-state index contributed by atoms with van der Waals surface area (Å²) in [5.74, 6) is 0.264. The van der Waals surface area contributed by atoms with Crippen molar-refractivity contribution in [2.75, 3.05) is 5.32 Å². The number of nitrogens with zero attached hydrogens (tertiary/aromatic N) is 5. The number of carbonyl (C=O) groups is 1. The molecule has 0 saturated heterocycles. The van der Waals surface area contributed by atoms with Crippen LogP contribution in [-0.4, -0.2) is 47.0 Å². The molecule has 0 fully saturated rings. The SMILES string of the molecule is CC1=NCc2cc(C(=O)O)ccc2[C@@](O)(c2ncc(-c3cc(C)cc(Nc4cc(-c5cn[nH]c5)ccn4)n3)s2)CC1. The van der Waals surface area contributed by atoms with E-state index >= 15 is 0 Å². The first-order chi connectivity index (χ1) is 19.8. The van der Waals surface area contributed by atoms with Crippen molar-refractivity contribution in [3.05, 3.63) is 94.5 Å². The molecule has 1 aromatic carbocycles. The Bertz CT molecular complexity index is 1780. The summed E-state index contributed by atoms with van der Waals surface area (Å²) >= 11 is 1.37. The number of fused-ring (bicyclic) bond motifs is 1. The van der Waals surface area contributed by atoms with Crippen molar-refractivity contribution in [3.8, 4) is 21.7 Å². The molecule has 0 aliphatic carbocycles. The van der Waals surface area contributed by atoms with Crippen LogP contribution in [0, 0.1) is 6.92 Å². The molecule has 10 nitrogen and oxygen atoms in total. The second-order valence-corrected chi connectivity index (χ2v) is 11.1. The monoisotopic (exact) mass is 565 g/mol. The molecular formula is C30H27N7O3S. The summed E-state index contributed by atoms with van der Waals surface area (Å²) in [6.07, 6.45) is 8.01. The van der Waals surface area contributed by atoms with Crippen LogP contribution < -0.4 is 5.32 Å². The van der Waals surface area contributed by atoms with Crippen LogP contribution in [-0.2, 0) is 12.1 Å². The highest BCUT2D eigenvalue weighted by Gasteiger charge is 2.38. The van der Waals surface area contributed by atoms with Gasteiger partial charge in [0, 0.05) is 29.9 Å². The fraction of sp³-hybridized carbons (Fsp3) is 0.200. The molecule has 0 amide bonds. The van der Waals surface area contributed by atoms with Gasteiger partial charge in [0.2, 0.25) is 0 Å². The summed E-state index contributed by atoms with van der Waals surface area (Å²) in [7, 11) is 0. The average Bonchev–Trinajstić information content (AvgIpc) is 3.67. The van der Waals surface area contributed by atoms with Crippen molar-refractivity contribution in [1.82, 2.24) is 25.1 Å². The number of nitrogens with one attached hydrogen (secondary N) is 2. The minimum atomic E-state index is -1.39. The summed E-state index contributed by atoms with van der Waals surface area (Å²) in [6.45, 7) is 4.21. The summed E-state index contributed by atoms with van der Waals surface area (Å²) < 4.78 is 0. The fourth-order valence-electron chi connectivity index (χ4n) is 4.94. The predicted molar refractivity (Wildman–Crippen MR) is 158 cm³/mol. The lowest BCUT2D eigenvalue weighted by Gasteiger charge is -2.30. The van der Waals surface area contributed by atoms with Gasteiger partial charge in [-0.1, -0.05) is 6.07 Å². The van der Waals surface area contributed by atoms with Crippen molar-refractivity contribution in [3.63, 3.8) is 0 Å². The number of thiazole rings is 1. The summed E-state index contributed by atoms with van der Waals surface area (Å²) in [5, 5.41) is 32.3. The third kappa shape index (κ3) is 5.37. The fourth-order valence-corrected chi connectivity index (χ4v) is 5.95. The number of aromatic amines is 1. The number of aromatic carboxylic acids is 1. The van der Waals surface area contributed by atoms with Gasteiger partial charge in [-0.3, -0.25) is 10.1 Å². The van der Waals surface area contributed by atoms with E-state index in [2.05, 4.69) is 30.5 Å². The third-order valence-corrected chi connectivity index (χ3v) is 8.27. The van der Waals surface area contributed by atoms with Crippen molar-refractivity contribution in [2.45, 2.75) is 38.8 Å². The maximum atomic E-state index is 12.1. The van der Waals surface area contributed by atoms with E-state index in [9.17, 15) is 15.0 Å². The Hall–Kier alpha value is -4.74. The Balaban J connectivity index is 1.33. The molecule has 5 heterocycles. The zero-order valence-electron chi connectivity index (χ0n) is 22.4. The standard InChI is InChI=1S/C30H27N7O3S/c1-17-9-24(36-27(10-17)37-26-12-19(6-8-31-26)22-14-34-35-15-22)25-16-33-29(41-25)30(40)7-5-18(2)32-13-21-11-20(28(38)39)3-4-23(21)30/h3-4,6,8-12,14-16,40H,5,7,13H2,1-2H3,(H,34,35)(H,38,39)(H,31,36,37)/t30-/m1/s1. The molecule has 11 heteroatoms. The van der Waals surface area contributed by atoms with Crippen molar-refractivity contribution in [2.24, 2.45) is 4.99 Å². The van der Waals surface area contributed by atoms with E-state index < -0.39 is 11.6 Å². The molecule has 206 valence electrons. The van der Waals surface area contributed by atoms with E-state index in [4.69, 9.17) is 4.98 Å². The van der Waals surface area contributed by atoms with Crippen LogP contribution >= 0.6 is 11.3 Å². The van der Waals surface area contributed by atoms with Gasteiger partial charge in [0.05, 0.1) is 28.9 Å². The molecule has 0 unspecified atom stereocenters. The zero-order valence-corrected chi connectivity index (χ0v) is 23.2. The number of H-pyrrole nitrogens is 1. The van der Waals surface area contributed by atoms with Gasteiger partial charge in [-0.25, -0.2) is 19.7 Å².